The van der Waals surface area contributed by atoms with Crippen molar-refractivity contribution in [2.75, 3.05) is 5.32 Å². The number of nitrogens with one attached hydrogen (secondary N) is 1. The van der Waals surface area contributed by atoms with Crippen molar-refractivity contribution >= 4 is 44.7 Å². The Bertz CT molecular complexity index is 1200. The fourth-order valence-corrected chi connectivity index (χ4v) is 4.39. The highest BCUT2D eigenvalue weighted by molar-refractivity contribution is 7.13. The Balaban J connectivity index is 1.41. The molecule has 0 bridgehead atoms. The molecule has 1 amide bonds. The standard InChI is InChI=1S/C21H18N4O2S2/c1-12-19(24-25-29-12)18-16-5-3-2-4-13(16)8-9-17(18)27-10-15-11-28-21(22-15)23-20(26)14-6-7-14/h2-5,8-9,11,14H,6-7,10H2,1H3,(H,22,23,26). The second-order valence-electron chi connectivity index (χ2n) is 7.03. The average Bonchev–Trinajstić information content (AvgIpc) is 3.37. The Hall–Kier alpha value is -2.84. The van der Waals surface area contributed by atoms with Crippen LogP contribution in [0.1, 0.15) is 23.4 Å². The molecule has 29 heavy (non-hydrogen) atoms. The van der Waals surface area contributed by atoms with E-state index in [4.69, 9.17) is 4.74 Å². The van der Waals surface area contributed by atoms with Gasteiger partial charge in [0.25, 0.3) is 0 Å². The molecule has 0 atom stereocenters. The van der Waals surface area contributed by atoms with E-state index in [0.29, 0.717) is 11.7 Å². The van der Waals surface area contributed by atoms with Crippen molar-refractivity contribution in [3.05, 3.63) is 52.3 Å². The number of benzene rings is 2. The highest BCUT2D eigenvalue weighted by Crippen LogP contribution is 2.38. The van der Waals surface area contributed by atoms with E-state index in [1.54, 1.807) is 0 Å². The quantitative estimate of drug-likeness (QED) is 0.470. The van der Waals surface area contributed by atoms with Crippen LogP contribution in [0.3, 0.4) is 0 Å². The summed E-state index contributed by atoms with van der Waals surface area (Å²) in [4.78, 5) is 17.4. The molecule has 6 nitrogen and oxygen atoms in total. The molecular weight excluding hydrogens is 404 g/mol. The van der Waals surface area contributed by atoms with Crippen molar-refractivity contribution in [3.63, 3.8) is 0 Å². The molecule has 2 heterocycles. The summed E-state index contributed by atoms with van der Waals surface area (Å²) in [7, 11) is 0. The van der Waals surface area contributed by atoms with Gasteiger partial charge in [0, 0.05) is 11.3 Å². The fraction of sp³-hybridized carbons (Fsp3) is 0.238. The molecule has 0 saturated heterocycles. The van der Waals surface area contributed by atoms with Crippen LogP contribution < -0.4 is 10.1 Å². The number of thiazole rings is 1. The van der Waals surface area contributed by atoms with Gasteiger partial charge < -0.3 is 10.1 Å². The summed E-state index contributed by atoms with van der Waals surface area (Å²) in [5, 5.41) is 12.0. The molecule has 1 aliphatic rings. The van der Waals surface area contributed by atoms with Gasteiger partial charge in [0.05, 0.1) is 16.1 Å². The Morgan fingerprint density at radius 1 is 1.24 bits per heavy atom. The molecule has 0 unspecified atom stereocenters. The first-order valence-corrected chi connectivity index (χ1v) is 11.0. The maximum atomic E-state index is 11.9. The Labute approximate surface area is 175 Å². The topological polar surface area (TPSA) is 77.0 Å². The molecule has 0 spiro atoms. The first-order chi connectivity index (χ1) is 14.2. The van der Waals surface area contributed by atoms with Gasteiger partial charge in [-0.1, -0.05) is 34.8 Å². The predicted molar refractivity (Wildman–Crippen MR) is 115 cm³/mol. The van der Waals surface area contributed by atoms with Crippen LogP contribution in [-0.2, 0) is 11.4 Å². The number of amides is 1. The Morgan fingerprint density at radius 3 is 2.90 bits per heavy atom. The summed E-state index contributed by atoms with van der Waals surface area (Å²) in [6.07, 6.45) is 1.95. The van der Waals surface area contributed by atoms with Crippen LogP contribution in [0.15, 0.2) is 41.8 Å². The minimum Gasteiger partial charge on any atom is -0.487 e. The number of ether oxygens (including phenoxy) is 1. The van der Waals surface area contributed by atoms with Gasteiger partial charge in [-0.15, -0.1) is 16.4 Å². The van der Waals surface area contributed by atoms with E-state index in [9.17, 15) is 4.79 Å². The molecule has 4 aromatic rings. The zero-order valence-electron chi connectivity index (χ0n) is 15.7. The van der Waals surface area contributed by atoms with Gasteiger partial charge in [-0.3, -0.25) is 4.79 Å². The summed E-state index contributed by atoms with van der Waals surface area (Å²) in [5.41, 5.74) is 2.58. The number of aryl methyl sites for hydroxylation is 1. The average molecular weight is 423 g/mol. The summed E-state index contributed by atoms with van der Waals surface area (Å²) in [5.74, 6) is 0.972. The molecule has 8 heteroatoms. The summed E-state index contributed by atoms with van der Waals surface area (Å²) in [6, 6.07) is 12.2. The van der Waals surface area contributed by atoms with E-state index in [-0.39, 0.29) is 11.8 Å². The molecular formula is C21H18N4O2S2. The SMILES string of the molecule is Cc1snnc1-c1c(OCc2csc(NC(=O)C3CC3)n2)ccc2ccccc12. The van der Waals surface area contributed by atoms with Crippen molar-refractivity contribution in [2.45, 2.75) is 26.4 Å². The second-order valence-corrected chi connectivity index (χ2v) is 8.85. The second kappa shape index (κ2) is 7.53. The smallest absolute Gasteiger partial charge is 0.229 e. The third kappa shape index (κ3) is 3.73. The number of rotatable bonds is 6. The molecule has 0 radical (unpaired) electrons. The summed E-state index contributed by atoms with van der Waals surface area (Å²) < 4.78 is 10.3. The number of hydrogen-bond donors (Lipinski definition) is 1. The van der Waals surface area contributed by atoms with E-state index >= 15 is 0 Å². The van der Waals surface area contributed by atoms with Gasteiger partial charge >= 0.3 is 0 Å². The number of aromatic nitrogens is 3. The van der Waals surface area contributed by atoms with Crippen LogP contribution in [0.2, 0.25) is 0 Å². The maximum Gasteiger partial charge on any atom is 0.229 e. The Morgan fingerprint density at radius 2 is 2.10 bits per heavy atom. The lowest BCUT2D eigenvalue weighted by atomic mass is 10.0. The molecule has 1 N–H and O–H groups in total. The molecule has 2 aromatic heterocycles. The van der Waals surface area contributed by atoms with Crippen molar-refractivity contribution in [2.24, 2.45) is 5.92 Å². The van der Waals surface area contributed by atoms with Crippen LogP contribution in [0.4, 0.5) is 5.13 Å². The monoisotopic (exact) mass is 422 g/mol. The van der Waals surface area contributed by atoms with Crippen molar-refractivity contribution in [1.82, 2.24) is 14.6 Å². The van der Waals surface area contributed by atoms with Crippen LogP contribution >= 0.6 is 22.9 Å². The van der Waals surface area contributed by atoms with E-state index in [1.807, 2.05) is 36.6 Å². The third-order valence-corrected chi connectivity index (χ3v) is 6.32. The van der Waals surface area contributed by atoms with Crippen molar-refractivity contribution in [3.8, 4) is 17.0 Å². The fourth-order valence-electron chi connectivity index (χ4n) is 3.21. The number of nitrogens with zero attached hydrogens (tertiary/aromatic N) is 3. The predicted octanol–water partition coefficient (Wildman–Crippen LogP) is 5.05. The molecule has 1 saturated carbocycles. The zero-order chi connectivity index (χ0) is 19.8. The lowest BCUT2D eigenvalue weighted by Gasteiger charge is -2.13. The first-order valence-electron chi connectivity index (χ1n) is 9.38. The van der Waals surface area contributed by atoms with E-state index in [1.165, 1.54) is 22.9 Å². The largest absolute Gasteiger partial charge is 0.487 e. The molecule has 1 fully saturated rings. The maximum absolute atomic E-state index is 11.9. The van der Waals surface area contributed by atoms with Gasteiger partial charge in [-0.25, -0.2) is 4.98 Å². The minimum atomic E-state index is 0.0649. The van der Waals surface area contributed by atoms with Gasteiger partial charge in [-0.2, -0.15) is 0 Å². The molecule has 146 valence electrons. The number of fused-ring (bicyclic) bond motifs is 1. The van der Waals surface area contributed by atoms with E-state index in [0.717, 1.165) is 51.2 Å². The number of carbonyl (C=O) groups is 1. The molecule has 0 aliphatic heterocycles. The van der Waals surface area contributed by atoms with Crippen molar-refractivity contribution < 1.29 is 9.53 Å². The molecule has 5 rings (SSSR count). The molecule has 2 aromatic carbocycles. The highest BCUT2D eigenvalue weighted by atomic mass is 32.1. The highest BCUT2D eigenvalue weighted by Gasteiger charge is 2.30. The summed E-state index contributed by atoms with van der Waals surface area (Å²) >= 11 is 2.80. The van der Waals surface area contributed by atoms with Crippen LogP contribution in [0.25, 0.3) is 22.0 Å². The van der Waals surface area contributed by atoms with E-state index in [2.05, 4.69) is 32.0 Å². The van der Waals surface area contributed by atoms with Gasteiger partial charge in [0.2, 0.25) is 5.91 Å². The normalized spacial score (nSPS) is 13.6. The van der Waals surface area contributed by atoms with Crippen LogP contribution in [-0.4, -0.2) is 20.5 Å². The number of hydrogen-bond acceptors (Lipinski definition) is 7. The lowest BCUT2D eigenvalue weighted by molar-refractivity contribution is -0.117. The van der Waals surface area contributed by atoms with Gasteiger partial charge in [0.15, 0.2) is 5.13 Å². The Kier molecular flexibility index (Phi) is 4.73. The first kappa shape index (κ1) is 18.2. The summed E-state index contributed by atoms with van der Waals surface area (Å²) in [6.45, 7) is 2.33. The van der Waals surface area contributed by atoms with Crippen LogP contribution in [0.5, 0.6) is 5.75 Å². The van der Waals surface area contributed by atoms with Gasteiger partial charge in [0.1, 0.15) is 18.1 Å². The van der Waals surface area contributed by atoms with Crippen LogP contribution in [0, 0.1) is 12.8 Å². The van der Waals surface area contributed by atoms with Gasteiger partial charge in [-0.05, 0) is 48.1 Å². The van der Waals surface area contributed by atoms with Crippen molar-refractivity contribution in [1.29, 1.82) is 0 Å². The lowest BCUT2D eigenvalue weighted by Crippen LogP contribution is -2.13. The van der Waals surface area contributed by atoms with E-state index < -0.39 is 0 Å². The number of anilines is 1. The minimum absolute atomic E-state index is 0.0649. The molecule has 1 aliphatic carbocycles. The number of carbonyl (C=O) groups excluding carboxylic acids is 1. The third-order valence-electron chi connectivity index (χ3n) is 4.89. The zero-order valence-corrected chi connectivity index (χ0v) is 17.3.